The molecule has 0 fully saturated rings. The quantitative estimate of drug-likeness (QED) is 0.419. The fourth-order valence-corrected chi connectivity index (χ4v) is 4.73. The predicted molar refractivity (Wildman–Crippen MR) is 126 cm³/mol. The molecule has 2 atom stereocenters. The van der Waals surface area contributed by atoms with Crippen LogP contribution in [0.2, 0.25) is 0 Å². The van der Waals surface area contributed by atoms with Gasteiger partial charge in [0.15, 0.2) is 6.29 Å². The molecular formula is C28H32O4. The maximum atomic E-state index is 10.0. The van der Waals surface area contributed by atoms with E-state index in [0.717, 1.165) is 18.6 Å². The average Bonchev–Trinajstić information content (AvgIpc) is 2.83. The van der Waals surface area contributed by atoms with Gasteiger partial charge in [-0.15, -0.1) is 0 Å². The Morgan fingerprint density at radius 3 is 2.28 bits per heavy atom. The first-order valence-corrected chi connectivity index (χ1v) is 11.5. The van der Waals surface area contributed by atoms with Gasteiger partial charge in [0.25, 0.3) is 0 Å². The van der Waals surface area contributed by atoms with Gasteiger partial charge in [0, 0.05) is 19.1 Å². The number of aryl methyl sites for hydroxylation is 1. The molecule has 4 nitrogen and oxygen atoms in total. The SMILES string of the molecule is CCOC(COc1ccc([C@@H]2c3ccc(O)cc3CCC2c2ccccc2)cc1)OCC. The van der Waals surface area contributed by atoms with Crippen molar-refractivity contribution in [1.29, 1.82) is 0 Å². The highest BCUT2D eigenvalue weighted by Gasteiger charge is 2.32. The first-order chi connectivity index (χ1) is 15.7. The number of ether oxygens (including phenoxy) is 3. The molecule has 0 bridgehead atoms. The van der Waals surface area contributed by atoms with Crippen molar-refractivity contribution in [2.45, 2.75) is 44.8 Å². The molecule has 1 N–H and O–H groups in total. The third-order valence-electron chi connectivity index (χ3n) is 6.15. The molecule has 0 saturated carbocycles. The molecule has 0 aliphatic heterocycles. The van der Waals surface area contributed by atoms with Gasteiger partial charge in [-0.2, -0.15) is 0 Å². The van der Waals surface area contributed by atoms with Crippen molar-refractivity contribution in [3.8, 4) is 11.5 Å². The maximum absolute atomic E-state index is 10.0. The molecule has 0 saturated heterocycles. The van der Waals surface area contributed by atoms with Gasteiger partial charge in [0.05, 0.1) is 0 Å². The second kappa shape index (κ2) is 10.7. The van der Waals surface area contributed by atoms with Gasteiger partial charge < -0.3 is 19.3 Å². The van der Waals surface area contributed by atoms with E-state index in [9.17, 15) is 5.11 Å². The molecule has 4 rings (SSSR count). The number of fused-ring (bicyclic) bond motifs is 1. The van der Waals surface area contributed by atoms with Crippen LogP contribution in [-0.4, -0.2) is 31.2 Å². The summed E-state index contributed by atoms with van der Waals surface area (Å²) < 4.78 is 17.1. The zero-order valence-electron chi connectivity index (χ0n) is 18.9. The highest BCUT2D eigenvalue weighted by molar-refractivity contribution is 5.48. The Bertz CT molecular complexity index is 978. The number of rotatable bonds is 9. The lowest BCUT2D eigenvalue weighted by atomic mass is 9.69. The fourth-order valence-electron chi connectivity index (χ4n) is 4.73. The third-order valence-corrected chi connectivity index (χ3v) is 6.15. The minimum Gasteiger partial charge on any atom is -0.508 e. The van der Waals surface area contributed by atoms with E-state index in [0.29, 0.717) is 31.5 Å². The molecule has 0 radical (unpaired) electrons. The summed E-state index contributed by atoms with van der Waals surface area (Å²) in [6.45, 7) is 5.44. The summed E-state index contributed by atoms with van der Waals surface area (Å²) in [5.41, 5.74) is 5.14. The molecule has 4 heteroatoms. The van der Waals surface area contributed by atoms with Gasteiger partial charge in [-0.3, -0.25) is 0 Å². The maximum Gasteiger partial charge on any atom is 0.191 e. The normalized spacial score (nSPS) is 17.8. The molecule has 3 aromatic carbocycles. The summed E-state index contributed by atoms with van der Waals surface area (Å²) in [5.74, 6) is 1.76. The van der Waals surface area contributed by atoms with Crippen molar-refractivity contribution in [2.75, 3.05) is 19.8 Å². The van der Waals surface area contributed by atoms with Crippen LogP contribution >= 0.6 is 0 Å². The molecule has 1 unspecified atom stereocenters. The minimum atomic E-state index is -0.356. The van der Waals surface area contributed by atoms with Crippen LogP contribution < -0.4 is 4.74 Å². The Morgan fingerprint density at radius 2 is 1.59 bits per heavy atom. The van der Waals surface area contributed by atoms with Crippen molar-refractivity contribution in [3.05, 3.63) is 95.1 Å². The van der Waals surface area contributed by atoms with Gasteiger partial charge in [0.1, 0.15) is 18.1 Å². The van der Waals surface area contributed by atoms with Crippen LogP contribution in [0.4, 0.5) is 0 Å². The minimum absolute atomic E-state index is 0.232. The van der Waals surface area contributed by atoms with Crippen LogP contribution in [0.3, 0.4) is 0 Å². The van der Waals surface area contributed by atoms with Gasteiger partial charge >= 0.3 is 0 Å². The molecule has 168 valence electrons. The van der Waals surface area contributed by atoms with E-state index < -0.39 is 0 Å². The van der Waals surface area contributed by atoms with Crippen LogP contribution in [0, 0.1) is 0 Å². The van der Waals surface area contributed by atoms with E-state index in [2.05, 4.69) is 48.5 Å². The number of hydrogen-bond donors (Lipinski definition) is 1. The summed E-state index contributed by atoms with van der Waals surface area (Å²) in [7, 11) is 0. The summed E-state index contributed by atoms with van der Waals surface area (Å²) >= 11 is 0. The molecule has 0 aromatic heterocycles. The lowest BCUT2D eigenvalue weighted by molar-refractivity contribution is -0.152. The fraction of sp³-hybridized carbons (Fsp3) is 0.357. The van der Waals surface area contributed by atoms with E-state index >= 15 is 0 Å². The largest absolute Gasteiger partial charge is 0.508 e. The monoisotopic (exact) mass is 432 g/mol. The molecule has 3 aromatic rings. The van der Waals surface area contributed by atoms with Crippen LogP contribution in [0.1, 0.15) is 54.4 Å². The van der Waals surface area contributed by atoms with Crippen molar-refractivity contribution in [3.63, 3.8) is 0 Å². The Hall–Kier alpha value is -2.82. The first-order valence-electron chi connectivity index (χ1n) is 11.5. The molecule has 1 aliphatic carbocycles. The summed E-state index contributed by atoms with van der Waals surface area (Å²) in [5, 5.41) is 10.0. The van der Waals surface area contributed by atoms with E-state index in [-0.39, 0.29) is 12.2 Å². The summed E-state index contributed by atoms with van der Waals surface area (Å²) in [6, 6.07) is 24.9. The van der Waals surface area contributed by atoms with E-state index in [4.69, 9.17) is 14.2 Å². The van der Waals surface area contributed by atoms with Crippen molar-refractivity contribution >= 4 is 0 Å². The summed E-state index contributed by atoms with van der Waals surface area (Å²) in [4.78, 5) is 0. The Balaban J connectivity index is 1.59. The molecule has 0 heterocycles. The average molecular weight is 433 g/mol. The lowest BCUT2D eigenvalue weighted by Crippen LogP contribution is -2.25. The molecule has 0 amide bonds. The highest BCUT2D eigenvalue weighted by atomic mass is 16.7. The van der Waals surface area contributed by atoms with Crippen LogP contribution in [-0.2, 0) is 15.9 Å². The number of phenolic OH excluding ortho intramolecular Hbond substituents is 1. The molecule has 1 aliphatic rings. The second-order valence-electron chi connectivity index (χ2n) is 8.14. The van der Waals surface area contributed by atoms with Gasteiger partial charge in [-0.25, -0.2) is 0 Å². The van der Waals surface area contributed by atoms with Crippen molar-refractivity contribution in [1.82, 2.24) is 0 Å². The number of benzene rings is 3. The van der Waals surface area contributed by atoms with E-state index in [1.54, 1.807) is 6.07 Å². The molecular weight excluding hydrogens is 400 g/mol. The van der Waals surface area contributed by atoms with Gasteiger partial charge in [-0.05, 0) is 79.1 Å². The lowest BCUT2D eigenvalue weighted by Gasteiger charge is -2.35. The Morgan fingerprint density at radius 1 is 0.875 bits per heavy atom. The van der Waals surface area contributed by atoms with Crippen LogP contribution in [0.5, 0.6) is 11.5 Å². The van der Waals surface area contributed by atoms with E-state index in [1.807, 2.05) is 32.0 Å². The topological polar surface area (TPSA) is 47.9 Å². The standard InChI is InChI=1S/C28H32O4/c1-3-30-27(31-4-2)19-32-24-14-10-21(11-15-24)28-25(20-8-6-5-7-9-20)16-12-22-18-23(29)13-17-26(22)28/h5-11,13-15,17-18,25,27-29H,3-4,12,16,19H2,1-2H3/t25?,28-/m0/s1. The predicted octanol–water partition coefficient (Wildman–Crippen LogP) is 6.03. The van der Waals surface area contributed by atoms with E-state index in [1.165, 1.54) is 22.3 Å². The zero-order valence-corrected chi connectivity index (χ0v) is 18.9. The zero-order chi connectivity index (χ0) is 22.3. The summed E-state index contributed by atoms with van der Waals surface area (Å²) in [6.07, 6.45) is 1.66. The van der Waals surface area contributed by atoms with Crippen LogP contribution in [0.25, 0.3) is 0 Å². The third kappa shape index (κ3) is 5.14. The van der Waals surface area contributed by atoms with Gasteiger partial charge in [0.2, 0.25) is 0 Å². The second-order valence-corrected chi connectivity index (χ2v) is 8.14. The Kier molecular flexibility index (Phi) is 7.46. The van der Waals surface area contributed by atoms with Crippen LogP contribution in [0.15, 0.2) is 72.8 Å². The number of phenols is 1. The highest BCUT2D eigenvalue weighted by Crippen LogP contribution is 2.47. The Labute approximate surface area is 190 Å². The van der Waals surface area contributed by atoms with Gasteiger partial charge in [-0.1, -0.05) is 48.5 Å². The van der Waals surface area contributed by atoms with Crippen molar-refractivity contribution < 1.29 is 19.3 Å². The first kappa shape index (κ1) is 22.4. The molecule has 32 heavy (non-hydrogen) atoms. The smallest absolute Gasteiger partial charge is 0.191 e. The molecule has 0 spiro atoms. The van der Waals surface area contributed by atoms with Crippen molar-refractivity contribution in [2.24, 2.45) is 0 Å². The number of aromatic hydroxyl groups is 1. The number of hydrogen-bond acceptors (Lipinski definition) is 4.